The van der Waals surface area contributed by atoms with Crippen molar-refractivity contribution < 1.29 is 17.9 Å². The zero-order valence-corrected chi connectivity index (χ0v) is 15.3. The van der Waals surface area contributed by atoms with Gasteiger partial charge in [-0.05, 0) is 38.8 Å². The molecule has 1 aliphatic carbocycles. The van der Waals surface area contributed by atoms with Gasteiger partial charge in [-0.3, -0.25) is 0 Å². The molecule has 0 aromatic heterocycles. The van der Waals surface area contributed by atoms with E-state index in [-0.39, 0.29) is 12.8 Å². The summed E-state index contributed by atoms with van der Waals surface area (Å²) in [5, 5.41) is 0. The molecule has 5 heteroatoms. The molecule has 1 heterocycles. The summed E-state index contributed by atoms with van der Waals surface area (Å²) < 4.78 is 44.7. The van der Waals surface area contributed by atoms with Crippen molar-refractivity contribution >= 4 is 5.69 Å². The normalized spacial score (nSPS) is 18.3. The van der Waals surface area contributed by atoms with Gasteiger partial charge in [0.05, 0.1) is 13.2 Å². The van der Waals surface area contributed by atoms with Crippen LogP contribution in [0, 0.1) is 17.3 Å². The maximum atomic E-state index is 13.0. The van der Waals surface area contributed by atoms with Crippen LogP contribution in [0.25, 0.3) is 0 Å². The Bertz CT molecular complexity index is 651. The molecule has 0 spiro atoms. The number of hydrogen-bond acceptors (Lipinski definition) is 2. The molecule has 2 nitrogen and oxygen atoms in total. The van der Waals surface area contributed by atoms with Gasteiger partial charge in [-0.2, -0.15) is 13.2 Å². The van der Waals surface area contributed by atoms with Gasteiger partial charge in [0.2, 0.25) is 0 Å². The van der Waals surface area contributed by atoms with Gasteiger partial charge in [0.1, 0.15) is 5.41 Å². The summed E-state index contributed by atoms with van der Waals surface area (Å²) in [4.78, 5) is 2.21. The third kappa shape index (κ3) is 4.12. The molecule has 0 radical (unpaired) electrons. The van der Waals surface area contributed by atoms with Crippen molar-refractivity contribution in [2.75, 3.05) is 18.1 Å². The Morgan fingerprint density at radius 2 is 1.88 bits per heavy atom. The molecule has 0 bridgehead atoms. The van der Waals surface area contributed by atoms with E-state index in [2.05, 4.69) is 30.6 Å². The van der Waals surface area contributed by atoms with Crippen LogP contribution in [0.1, 0.15) is 51.7 Å². The van der Waals surface area contributed by atoms with Crippen LogP contribution in [0.5, 0.6) is 0 Å². The fourth-order valence-electron chi connectivity index (χ4n) is 2.90. The van der Waals surface area contributed by atoms with Crippen molar-refractivity contribution in [2.24, 2.45) is 5.41 Å². The zero-order valence-electron chi connectivity index (χ0n) is 15.3. The number of halogens is 3. The predicted octanol–water partition coefficient (Wildman–Crippen LogP) is 5.15. The van der Waals surface area contributed by atoms with Crippen LogP contribution in [0.2, 0.25) is 0 Å². The second kappa shape index (κ2) is 7.70. The van der Waals surface area contributed by atoms with Crippen molar-refractivity contribution in [3.05, 3.63) is 29.3 Å². The van der Waals surface area contributed by atoms with Gasteiger partial charge in [-0.25, -0.2) is 0 Å². The van der Waals surface area contributed by atoms with E-state index in [9.17, 15) is 13.2 Å². The molecule has 2 aliphatic rings. The number of alkyl halides is 3. The minimum absolute atomic E-state index is 0.104. The van der Waals surface area contributed by atoms with E-state index in [1.54, 1.807) is 6.07 Å². The van der Waals surface area contributed by atoms with E-state index in [0.29, 0.717) is 24.8 Å². The highest BCUT2D eigenvalue weighted by Crippen LogP contribution is 2.57. The SMILES string of the molecule is CC.CC(C)N1CCOCc2c(C#CC3(C(F)(F)F)CC3)cccc21. The van der Waals surface area contributed by atoms with Crippen LogP contribution in [0.3, 0.4) is 0 Å². The predicted molar refractivity (Wildman–Crippen MR) is 94.5 cm³/mol. The smallest absolute Gasteiger partial charge is 0.375 e. The number of ether oxygens (including phenoxy) is 1. The molecule has 1 aromatic rings. The second-order valence-corrected chi connectivity index (χ2v) is 6.47. The third-order valence-electron chi connectivity index (χ3n) is 4.54. The molecule has 3 rings (SSSR count). The molecule has 0 atom stereocenters. The Morgan fingerprint density at radius 1 is 1.20 bits per heavy atom. The van der Waals surface area contributed by atoms with Crippen LogP contribution in [0.15, 0.2) is 18.2 Å². The second-order valence-electron chi connectivity index (χ2n) is 6.47. The Labute approximate surface area is 148 Å². The number of anilines is 1. The monoisotopic (exact) mass is 353 g/mol. The Balaban J connectivity index is 0.00000109. The van der Waals surface area contributed by atoms with E-state index < -0.39 is 11.6 Å². The number of fused-ring (bicyclic) bond motifs is 1. The first-order valence-corrected chi connectivity index (χ1v) is 8.90. The number of hydrogen-bond donors (Lipinski definition) is 0. The number of rotatable bonds is 1. The fraction of sp³-hybridized carbons (Fsp3) is 0.600. The van der Waals surface area contributed by atoms with Gasteiger partial charge in [0.15, 0.2) is 0 Å². The maximum absolute atomic E-state index is 13.0. The topological polar surface area (TPSA) is 12.5 Å². The summed E-state index contributed by atoms with van der Waals surface area (Å²) in [6, 6.07) is 5.93. The number of nitrogens with zero attached hydrogens (tertiary/aromatic N) is 1. The first kappa shape index (κ1) is 19.7. The highest BCUT2D eigenvalue weighted by atomic mass is 19.4. The molecule has 1 saturated carbocycles. The summed E-state index contributed by atoms with van der Waals surface area (Å²) >= 11 is 0. The van der Waals surface area contributed by atoms with Gasteiger partial charge in [0.25, 0.3) is 0 Å². The lowest BCUT2D eigenvalue weighted by atomic mass is 10.0. The van der Waals surface area contributed by atoms with E-state index in [1.165, 1.54) is 0 Å². The molecular weight excluding hydrogens is 327 g/mol. The van der Waals surface area contributed by atoms with E-state index in [4.69, 9.17) is 4.74 Å². The van der Waals surface area contributed by atoms with Crippen molar-refractivity contribution in [1.82, 2.24) is 0 Å². The Hall–Kier alpha value is -1.67. The lowest BCUT2D eigenvalue weighted by molar-refractivity contribution is -0.168. The number of benzene rings is 1. The van der Waals surface area contributed by atoms with E-state index >= 15 is 0 Å². The molecule has 25 heavy (non-hydrogen) atoms. The first-order valence-electron chi connectivity index (χ1n) is 8.90. The molecule has 0 unspecified atom stereocenters. The van der Waals surface area contributed by atoms with E-state index in [1.807, 2.05) is 26.0 Å². The van der Waals surface area contributed by atoms with Crippen LogP contribution in [-0.2, 0) is 11.3 Å². The van der Waals surface area contributed by atoms with Crippen LogP contribution in [0.4, 0.5) is 18.9 Å². The van der Waals surface area contributed by atoms with Crippen molar-refractivity contribution in [3.63, 3.8) is 0 Å². The zero-order chi connectivity index (χ0) is 18.7. The molecule has 0 saturated heterocycles. The standard InChI is InChI=1S/C18H20F3NO.C2H6/c1-13(2)22-10-11-23-12-15-14(4-3-5-16(15)22)6-7-17(8-9-17)18(19,20)21;1-2/h3-5,13H,8-12H2,1-2H3;1-2H3. The van der Waals surface area contributed by atoms with Gasteiger partial charge < -0.3 is 9.64 Å². The van der Waals surface area contributed by atoms with Crippen molar-refractivity contribution in [2.45, 2.75) is 59.4 Å². The molecule has 138 valence electrons. The fourth-order valence-corrected chi connectivity index (χ4v) is 2.90. The minimum Gasteiger partial charge on any atom is -0.375 e. The van der Waals surface area contributed by atoms with Crippen LogP contribution < -0.4 is 4.90 Å². The molecule has 1 aromatic carbocycles. The third-order valence-corrected chi connectivity index (χ3v) is 4.54. The summed E-state index contributed by atoms with van der Waals surface area (Å²) in [5.74, 6) is 5.28. The van der Waals surface area contributed by atoms with Gasteiger partial charge in [-0.1, -0.05) is 31.8 Å². The van der Waals surface area contributed by atoms with Crippen LogP contribution in [-0.4, -0.2) is 25.4 Å². The highest BCUT2D eigenvalue weighted by molar-refractivity contribution is 5.61. The summed E-state index contributed by atoms with van der Waals surface area (Å²) in [7, 11) is 0. The van der Waals surface area contributed by atoms with Gasteiger partial charge in [-0.15, -0.1) is 0 Å². The van der Waals surface area contributed by atoms with Gasteiger partial charge in [0, 0.05) is 29.4 Å². The van der Waals surface area contributed by atoms with Crippen molar-refractivity contribution in [3.8, 4) is 11.8 Å². The largest absolute Gasteiger partial charge is 0.405 e. The van der Waals surface area contributed by atoms with Crippen molar-refractivity contribution in [1.29, 1.82) is 0 Å². The van der Waals surface area contributed by atoms with E-state index in [0.717, 1.165) is 17.8 Å². The first-order chi connectivity index (χ1) is 11.8. The molecule has 0 amide bonds. The Kier molecular flexibility index (Phi) is 6.05. The average Bonchev–Trinajstić information content (AvgIpc) is 3.38. The summed E-state index contributed by atoms with van der Waals surface area (Å²) in [6.45, 7) is 9.95. The van der Waals surface area contributed by atoms with Crippen LogP contribution >= 0.6 is 0 Å². The Morgan fingerprint density at radius 3 is 2.44 bits per heavy atom. The minimum atomic E-state index is -4.24. The molecule has 1 aliphatic heterocycles. The molecule has 0 N–H and O–H groups in total. The maximum Gasteiger partial charge on any atom is 0.405 e. The summed E-state index contributed by atoms with van der Waals surface area (Å²) in [6.07, 6.45) is -4.04. The van der Waals surface area contributed by atoms with Gasteiger partial charge >= 0.3 is 6.18 Å². The summed E-state index contributed by atoms with van der Waals surface area (Å²) in [5.41, 5.74) is 0.759. The quantitative estimate of drug-likeness (QED) is 0.647. The molecular formula is C20H26F3NO. The average molecular weight is 353 g/mol. The highest BCUT2D eigenvalue weighted by Gasteiger charge is 2.62. The lowest BCUT2D eigenvalue weighted by Crippen LogP contribution is -2.33. The molecule has 1 fully saturated rings. The lowest BCUT2D eigenvalue weighted by Gasteiger charge is -2.28.